The van der Waals surface area contributed by atoms with E-state index in [2.05, 4.69) is 73.2 Å². The van der Waals surface area contributed by atoms with Crippen molar-refractivity contribution in [3.05, 3.63) is 70.5 Å². The number of benzene rings is 2. The number of nitrogens with zero attached hydrogens (tertiary/aromatic N) is 5. The number of hydrogen-bond acceptors (Lipinski definition) is 4. The van der Waals surface area contributed by atoms with Crippen LogP contribution in [0.5, 0.6) is 0 Å². The highest BCUT2D eigenvalue weighted by molar-refractivity contribution is 5.92. The SMILES string of the molecule is Cc1ccc(C)c(N2CCN(C(=O)c3cn(-c4ccc(C)c(C)c4)nn3)CC2)c1. The molecule has 1 aliphatic heterocycles. The van der Waals surface area contributed by atoms with E-state index in [0.29, 0.717) is 18.8 Å². The van der Waals surface area contributed by atoms with Crippen molar-refractivity contribution < 1.29 is 4.79 Å². The van der Waals surface area contributed by atoms with Crippen LogP contribution in [-0.4, -0.2) is 52.0 Å². The van der Waals surface area contributed by atoms with Gasteiger partial charge in [0.05, 0.1) is 11.9 Å². The number of piperazine rings is 1. The van der Waals surface area contributed by atoms with Gasteiger partial charge < -0.3 is 9.80 Å². The van der Waals surface area contributed by atoms with Crippen LogP contribution >= 0.6 is 0 Å². The Morgan fingerprint density at radius 1 is 0.862 bits per heavy atom. The van der Waals surface area contributed by atoms with Crippen LogP contribution in [-0.2, 0) is 0 Å². The van der Waals surface area contributed by atoms with Gasteiger partial charge in [-0.3, -0.25) is 4.79 Å². The zero-order valence-corrected chi connectivity index (χ0v) is 17.5. The standard InChI is InChI=1S/C23H27N5O/c1-16-5-6-18(3)22(13-16)26-9-11-27(12-10-26)23(29)21-15-28(25-24-21)20-8-7-17(2)19(4)14-20/h5-8,13-15H,9-12H2,1-4H3. The van der Waals surface area contributed by atoms with Crippen LogP contribution in [0.2, 0.25) is 0 Å². The van der Waals surface area contributed by atoms with Crippen molar-refractivity contribution in [2.24, 2.45) is 0 Å². The van der Waals surface area contributed by atoms with Crippen LogP contribution in [0.1, 0.15) is 32.7 Å². The van der Waals surface area contributed by atoms with Gasteiger partial charge in [-0.2, -0.15) is 0 Å². The molecular weight excluding hydrogens is 362 g/mol. The van der Waals surface area contributed by atoms with Gasteiger partial charge in [-0.1, -0.05) is 23.4 Å². The van der Waals surface area contributed by atoms with E-state index in [0.717, 1.165) is 18.8 Å². The predicted molar refractivity (Wildman–Crippen MR) is 115 cm³/mol. The molecular formula is C23H27N5O. The Bertz CT molecular complexity index is 1050. The third-order valence-electron chi connectivity index (χ3n) is 5.74. The highest BCUT2D eigenvalue weighted by atomic mass is 16.2. The number of anilines is 1. The Balaban J connectivity index is 1.44. The van der Waals surface area contributed by atoms with E-state index >= 15 is 0 Å². The van der Waals surface area contributed by atoms with E-state index in [1.165, 1.54) is 27.9 Å². The first-order valence-electron chi connectivity index (χ1n) is 10.0. The maximum Gasteiger partial charge on any atom is 0.276 e. The van der Waals surface area contributed by atoms with Gasteiger partial charge in [0.2, 0.25) is 0 Å². The highest BCUT2D eigenvalue weighted by Crippen LogP contribution is 2.23. The fraction of sp³-hybridized carbons (Fsp3) is 0.348. The van der Waals surface area contributed by atoms with Crippen LogP contribution in [0.4, 0.5) is 5.69 Å². The predicted octanol–water partition coefficient (Wildman–Crippen LogP) is 3.46. The van der Waals surface area contributed by atoms with Crippen molar-refractivity contribution in [1.82, 2.24) is 19.9 Å². The second-order valence-electron chi connectivity index (χ2n) is 7.89. The highest BCUT2D eigenvalue weighted by Gasteiger charge is 2.25. The quantitative estimate of drug-likeness (QED) is 0.688. The van der Waals surface area contributed by atoms with Crippen molar-refractivity contribution >= 4 is 11.6 Å². The minimum absolute atomic E-state index is 0.0549. The molecule has 2 aromatic carbocycles. The molecule has 0 radical (unpaired) electrons. The van der Waals surface area contributed by atoms with E-state index in [-0.39, 0.29) is 5.91 Å². The number of hydrogen-bond donors (Lipinski definition) is 0. The van der Waals surface area contributed by atoms with Gasteiger partial charge in [-0.15, -0.1) is 5.10 Å². The molecule has 150 valence electrons. The summed E-state index contributed by atoms with van der Waals surface area (Å²) < 4.78 is 1.67. The third-order valence-corrected chi connectivity index (χ3v) is 5.74. The number of carbonyl (C=O) groups is 1. The number of rotatable bonds is 3. The van der Waals surface area contributed by atoms with E-state index in [4.69, 9.17) is 0 Å². The molecule has 1 aliphatic rings. The van der Waals surface area contributed by atoms with Gasteiger partial charge in [0.15, 0.2) is 5.69 Å². The lowest BCUT2D eigenvalue weighted by atomic mass is 10.1. The molecule has 0 aliphatic carbocycles. The average molecular weight is 390 g/mol. The van der Waals surface area contributed by atoms with Gasteiger partial charge in [0.25, 0.3) is 5.91 Å². The van der Waals surface area contributed by atoms with Gasteiger partial charge in [-0.05, 0) is 68.1 Å². The fourth-order valence-corrected chi connectivity index (χ4v) is 3.73. The van der Waals surface area contributed by atoms with Crippen molar-refractivity contribution in [3.8, 4) is 5.69 Å². The Hall–Kier alpha value is -3.15. The van der Waals surface area contributed by atoms with Crippen LogP contribution < -0.4 is 4.90 Å². The lowest BCUT2D eigenvalue weighted by molar-refractivity contribution is 0.0740. The van der Waals surface area contributed by atoms with Crippen LogP contribution in [0.15, 0.2) is 42.6 Å². The van der Waals surface area contributed by atoms with Crippen LogP contribution in [0.3, 0.4) is 0 Å². The molecule has 1 aromatic heterocycles. The number of amides is 1. The fourth-order valence-electron chi connectivity index (χ4n) is 3.73. The lowest BCUT2D eigenvalue weighted by Gasteiger charge is -2.36. The monoisotopic (exact) mass is 389 g/mol. The molecule has 29 heavy (non-hydrogen) atoms. The topological polar surface area (TPSA) is 54.3 Å². The molecule has 0 spiro atoms. The Morgan fingerprint density at radius 3 is 2.31 bits per heavy atom. The molecule has 0 unspecified atom stereocenters. The molecule has 0 N–H and O–H groups in total. The second kappa shape index (κ2) is 7.70. The Morgan fingerprint density at radius 2 is 1.59 bits per heavy atom. The van der Waals surface area contributed by atoms with Gasteiger partial charge >= 0.3 is 0 Å². The normalized spacial score (nSPS) is 14.3. The first-order valence-corrected chi connectivity index (χ1v) is 10.0. The Labute approximate surface area is 171 Å². The summed E-state index contributed by atoms with van der Waals surface area (Å²) in [5, 5.41) is 8.30. The molecule has 0 bridgehead atoms. The summed E-state index contributed by atoms with van der Waals surface area (Å²) in [7, 11) is 0. The van der Waals surface area contributed by atoms with Crippen molar-refractivity contribution in [2.75, 3.05) is 31.1 Å². The maximum absolute atomic E-state index is 12.9. The molecule has 0 saturated carbocycles. The first kappa shape index (κ1) is 19.2. The van der Waals surface area contributed by atoms with Crippen LogP contribution in [0.25, 0.3) is 5.69 Å². The second-order valence-corrected chi connectivity index (χ2v) is 7.89. The summed E-state index contributed by atoms with van der Waals surface area (Å²) in [6.45, 7) is 11.4. The number of carbonyl (C=O) groups excluding carboxylic acids is 1. The van der Waals surface area contributed by atoms with E-state index in [9.17, 15) is 4.79 Å². The minimum Gasteiger partial charge on any atom is -0.368 e. The first-order chi connectivity index (χ1) is 13.9. The van der Waals surface area contributed by atoms with Gasteiger partial charge in [0.1, 0.15) is 0 Å². The van der Waals surface area contributed by atoms with Gasteiger partial charge in [-0.25, -0.2) is 4.68 Å². The van der Waals surface area contributed by atoms with Crippen molar-refractivity contribution in [1.29, 1.82) is 0 Å². The van der Waals surface area contributed by atoms with E-state index < -0.39 is 0 Å². The number of aryl methyl sites for hydroxylation is 4. The van der Waals surface area contributed by atoms with Crippen LogP contribution in [0, 0.1) is 27.7 Å². The molecule has 6 heteroatoms. The zero-order valence-electron chi connectivity index (χ0n) is 17.5. The largest absolute Gasteiger partial charge is 0.368 e. The molecule has 1 amide bonds. The summed E-state index contributed by atoms with van der Waals surface area (Å²) >= 11 is 0. The molecule has 3 aromatic rings. The summed E-state index contributed by atoms with van der Waals surface area (Å²) in [6.07, 6.45) is 1.73. The van der Waals surface area contributed by atoms with Crippen molar-refractivity contribution in [3.63, 3.8) is 0 Å². The smallest absolute Gasteiger partial charge is 0.276 e. The summed E-state index contributed by atoms with van der Waals surface area (Å²) in [5.41, 5.74) is 7.51. The summed E-state index contributed by atoms with van der Waals surface area (Å²) in [5.74, 6) is -0.0549. The molecule has 1 saturated heterocycles. The third kappa shape index (κ3) is 3.88. The minimum atomic E-state index is -0.0549. The van der Waals surface area contributed by atoms with E-state index in [1.807, 2.05) is 11.0 Å². The maximum atomic E-state index is 12.9. The molecule has 6 nitrogen and oxygen atoms in total. The van der Waals surface area contributed by atoms with E-state index in [1.54, 1.807) is 10.9 Å². The summed E-state index contributed by atoms with van der Waals surface area (Å²) in [6, 6.07) is 12.6. The zero-order chi connectivity index (χ0) is 20.5. The van der Waals surface area contributed by atoms with Gasteiger partial charge in [0, 0.05) is 31.9 Å². The Kier molecular flexibility index (Phi) is 5.09. The lowest BCUT2D eigenvalue weighted by Crippen LogP contribution is -2.49. The van der Waals surface area contributed by atoms with Crippen molar-refractivity contribution in [2.45, 2.75) is 27.7 Å². The molecule has 1 fully saturated rings. The molecule has 2 heterocycles. The molecule has 4 rings (SSSR count). The average Bonchev–Trinajstić information content (AvgIpc) is 3.22. The molecule has 0 atom stereocenters. The number of aromatic nitrogens is 3. The summed E-state index contributed by atoms with van der Waals surface area (Å²) in [4.78, 5) is 17.2.